The van der Waals surface area contributed by atoms with Crippen LogP contribution < -0.4 is 10.2 Å². The van der Waals surface area contributed by atoms with Crippen LogP contribution in [0.2, 0.25) is 0 Å². The van der Waals surface area contributed by atoms with Gasteiger partial charge in [-0.2, -0.15) is 0 Å². The van der Waals surface area contributed by atoms with E-state index in [4.69, 9.17) is 0 Å². The van der Waals surface area contributed by atoms with E-state index in [1.54, 1.807) is 18.5 Å². The molecule has 0 aliphatic carbocycles. The molecule has 0 atom stereocenters. The number of rotatable bonds is 4. The van der Waals surface area contributed by atoms with Crippen molar-refractivity contribution in [3.8, 4) is 0 Å². The van der Waals surface area contributed by atoms with Gasteiger partial charge in [0.25, 0.3) is 0 Å². The quantitative estimate of drug-likeness (QED) is 0.748. The first kappa shape index (κ1) is 16.5. The predicted octanol–water partition coefficient (Wildman–Crippen LogP) is 1.86. The Balaban J connectivity index is 1.33. The normalized spacial score (nSPS) is 15.3. The second kappa shape index (κ2) is 7.09. The van der Waals surface area contributed by atoms with Gasteiger partial charge in [-0.15, -0.1) is 0 Å². The van der Waals surface area contributed by atoms with Crippen LogP contribution >= 0.6 is 0 Å². The zero-order valence-corrected chi connectivity index (χ0v) is 14.2. The number of piperazine rings is 1. The van der Waals surface area contributed by atoms with Gasteiger partial charge in [0.1, 0.15) is 23.6 Å². The summed E-state index contributed by atoms with van der Waals surface area (Å²) in [7, 11) is 0. The molecule has 7 nitrogen and oxygen atoms in total. The number of hydrogen-bond donors (Lipinski definition) is 2. The molecule has 26 heavy (non-hydrogen) atoms. The Morgan fingerprint density at radius 1 is 1.12 bits per heavy atom. The van der Waals surface area contributed by atoms with Gasteiger partial charge in [-0.1, -0.05) is 0 Å². The van der Waals surface area contributed by atoms with Gasteiger partial charge in [0.05, 0.1) is 11.9 Å². The van der Waals surface area contributed by atoms with Crippen LogP contribution in [0.15, 0.2) is 42.9 Å². The molecule has 1 saturated heterocycles. The van der Waals surface area contributed by atoms with Crippen LogP contribution in [0.1, 0.15) is 0 Å². The first-order chi connectivity index (χ1) is 12.7. The Hall–Kier alpha value is -3.00. The van der Waals surface area contributed by atoms with E-state index in [2.05, 4.69) is 30.1 Å². The van der Waals surface area contributed by atoms with Crippen molar-refractivity contribution in [3.63, 3.8) is 0 Å². The van der Waals surface area contributed by atoms with Gasteiger partial charge < -0.3 is 15.2 Å². The van der Waals surface area contributed by atoms with E-state index in [1.165, 1.54) is 12.1 Å². The van der Waals surface area contributed by atoms with Gasteiger partial charge in [0.2, 0.25) is 5.91 Å². The van der Waals surface area contributed by atoms with Crippen molar-refractivity contribution in [2.75, 3.05) is 42.9 Å². The number of fused-ring (bicyclic) bond motifs is 1. The van der Waals surface area contributed by atoms with Crippen molar-refractivity contribution in [2.24, 2.45) is 0 Å². The Kier molecular flexibility index (Phi) is 4.49. The van der Waals surface area contributed by atoms with Crippen LogP contribution in [0.25, 0.3) is 11.0 Å². The highest BCUT2D eigenvalue weighted by molar-refractivity contribution is 5.92. The minimum Gasteiger partial charge on any atom is -0.353 e. The monoisotopic (exact) mass is 354 g/mol. The van der Waals surface area contributed by atoms with E-state index in [-0.39, 0.29) is 11.7 Å². The summed E-state index contributed by atoms with van der Waals surface area (Å²) in [4.78, 5) is 28.2. The summed E-state index contributed by atoms with van der Waals surface area (Å²) >= 11 is 0. The fourth-order valence-corrected chi connectivity index (χ4v) is 3.17. The molecule has 0 radical (unpaired) electrons. The maximum absolute atomic E-state index is 12.9. The lowest BCUT2D eigenvalue weighted by Crippen LogP contribution is -2.49. The van der Waals surface area contributed by atoms with Gasteiger partial charge in [-0.25, -0.2) is 14.4 Å². The summed E-state index contributed by atoms with van der Waals surface area (Å²) in [6, 6.07) is 7.76. The van der Waals surface area contributed by atoms with E-state index in [1.807, 2.05) is 12.3 Å². The Morgan fingerprint density at radius 3 is 2.65 bits per heavy atom. The first-order valence-corrected chi connectivity index (χ1v) is 8.50. The molecular formula is C18H19FN6O. The SMILES string of the molecule is O=C(CN1CCN(c2ncnc3[nH]ccc23)CC1)Nc1ccc(F)cc1. The predicted molar refractivity (Wildman–Crippen MR) is 97.6 cm³/mol. The van der Waals surface area contributed by atoms with E-state index in [0.717, 1.165) is 43.0 Å². The van der Waals surface area contributed by atoms with Crippen LogP contribution in [-0.4, -0.2) is 58.5 Å². The molecule has 1 fully saturated rings. The van der Waals surface area contributed by atoms with Crippen LogP contribution in [-0.2, 0) is 4.79 Å². The van der Waals surface area contributed by atoms with Crippen LogP contribution in [0, 0.1) is 5.82 Å². The summed E-state index contributed by atoms with van der Waals surface area (Å²) in [5.74, 6) is 0.507. The number of amides is 1. The van der Waals surface area contributed by atoms with Crippen molar-refractivity contribution >= 4 is 28.4 Å². The highest BCUT2D eigenvalue weighted by Gasteiger charge is 2.21. The fraction of sp³-hybridized carbons (Fsp3) is 0.278. The van der Waals surface area contributed by atoms with E-state index in [9.17, 15) is 9.18 Å². The molecule has 8 heteroatoms. The van der Waals surface area contributed by atoms with Crippen LogP contribution in [0.3, 0.4) is 0 Å². The molecule has 0 saturated carbocycles. The highest BCUT2D eigenvalue weighted by Crippen LogP contribution is 2.22. The number of benzene rings is 1. The number of carbonyl (C=O) groups is 1. The number of nitrogens with one attached hydrogen (secondary N) is 2. The van der Waals surface area contributed by atoms with Gasteiger partial charge in [-0.05, 0) is 30.3 Å². The second-order valence-electron chi connectivity index (χ2n) is 6.26. The molecule has 0 spiro atoms. The molecule has 3 aromatic rings. The molecule has 4 rings (SSSR count). The van der Waals surface area contributed by atoms with Crippen molar-refractivity contribution in [2.45, 2.75) is 0 Å². The molecule has 3 heterocycles. The summed E-state index contributed by atoms with van der Waals surface area (Å²) in [5, 5.41) is 3.80. The molecule has 2 aromatic heterocycles. The number of nitrogens with zero attached hydrogens (tertiary/aromatic N) is 4. The van der Waals surface area contributed by atoms with E-state index in [0.29, 0.717) is 12.2 Å². The van der Waals surface area contributed by atoms with Crippen molar-refractivity contribution in [1.82, 2.24) is 19.9 Å². The molecule has 1 amide bonds. The number of H-pyrrole nitrogens is 1. The van der Waals surface area contributed by atoms with Crippen LogP contribution in [0.4, 0.5) is 15.9 Å². The lowest BCUT2D eigenvalue weighted by atomic mass is 10.2. The lowest BCUT2D eigenvalue weighted by Gasteiger charge is -2.35. The molecule has 2 N–H and O–H groups in total. The minimum absolute atomic E-state index is 0.0971. The second-order valence-corrected chi connectivity index (χ2v) is 6.26. The Morgan fingerprint density at radius 2 is 1.88 bits per heavy atom. The third-order valence-electron chi connectivity index (χ3n) is 4.50. The molecule has 0 bridgehead atoms. The maximum Gasteiger partial charge on any atom is 0.238 e. The van der Waals surface area contributed by atoms with E-state index >= 15 is 0 Å². The Bertz CT molecular complexity index is 901. The third kappa shape index (κ3) is 3.50. The minimum atomic E-state index is -0.319. The summed E-state index contributed by atoms with van der Waals surface area (Å²) in [6.07, 6.45) is 3.43. The number of anilines is 2. The van der Waals surface area contributed by atoms with Crippen molar-refractivity contribution in [3.05, 3.63) is 48.7 Å². The van der Waals surface area contributed by atoms with Gasteiger partial charge in [0.15, 0.2) is 0 Å². The molecule has 1 aromatic carbocycles. The smallest absolute Gasteiger partial charge is 0.238 e. The molecule has 1 aliphatic heterocycles. The fourth-order valence-electron chi connectivity index (χ4n) is 3.17. The van der Waals surface area contributed by atoms with Crippen molar-refractivity contribution < 1.29 is 9.18 Å². The first-order valence-electron chi connectivity index (χ1n) is 8.50. The lowest BCUT2D eigenvalue weighted by molar-refractivity contribution is -0.117. The van der Waals surface area contributed by atoms with Crippen LogP contribution in [0.5, 0.6) is 0 Å². The molecular weight excluding hydrogens is 335 g/mol. The average Bonchev–Trinajstić information content (AvgIpc) is 3.13. The number of halogens is 1. The number of aromatic nitrogens is 3. The topological polar surface area (TPSA) is 77.2 Å². The number of carbonyl (C=O) groups excluding carboxylic acids is 1. The summed E-state index contributed by atoms with van der Waals surface area (Å²) in [5.41, 5.74) is 1.43. The zero-order chi connectivity index (χ0) is 17.9. The highest BCUT2D eigenvalue weighted by atomic mass is 19.1. The third-order valence-corrected chi connectivity index (χ3v) is 4.50. The molecule has 0 unspecified atom stereocenters. The zero-order valence-electron chi connectivity index (χ0n) is 14.2. The maximum atomic E-state index is 12.9. The van der Waals surface area contributed by atoms with Gasteiger partial charge in [-0.3, -0.25) is 9.69 Å². The number of hydrogen-bond acceptors (Lipinski definition) is 5. The average molecular weight is 354 g/mol. The summed E-state index contributed by atoms with van der Waals surface area (Å²) in [6.45, 7) is 3.44. The number of aromatic amines is 1. The van der Waals surface area contributed by atoms with Gasteiger partial charge in [0, 0.05) is 38.1 Å². The van der Waals surface area contributed by atoms with E-state index < -0.39 is 0 Å². The van der Waals surface area contributed by atoms with Crippen molar-refractivity contribution in [1.29, 1.82) is 0 Å². The van der Waals surface area contributed by atoms with Gasteiger partial charge >= 0.3 is 0 Å². The largest absolute Gasteiger partial charge is 0.353 e. The molecule has 134 valence electrons. The standard InChI is InChI=1S/C18H19FN6O/c19-13-1-3-14(4-2-13)23-16(26)11-24-7-9-25(10-8-24)18-15-5-6-20-17(15)21-12-22-18/h1-6,12H,7-11H2,(H,23,26)(H,20,21,22). The molecule has 1 aliphatic rings. The Labute approximate surface area is 149 Å². The summed E-state index contributed by atoms with van der Waals surface area (Å²) < 4.78 is 12.9.